The van der Waals surface area contributed by atoms with Crippen molar-refractivity contribution in [3.05, 3.63) is 65.5 Å². The van der Waals surface area contributed by atoms with E-state index in [0.29, 0.717) is 17.8 Å². The van der Waals surface area contributed by atoms with E-state index < -0.39 is 6.10 Å². The van der Waals surface area contributed by atoms with Crippen LogP contribution < -0.4 is 4.90 Å². The van der Waals surface area contributed by atoms with Crippen LogP contribution in [0.3, 0.4) is 0 Å². The second kappa shape index (κ2) is 5.66. The maximum absolute atomic E-state index is 14.1. The Kier molecular flexibility index (Phi) is 3.71. The predicted molar refractivity (Wildman–Crippen MR) is 82.6 cm³/mol. The zero-order valence-electron chi connectivity index (χ0n) is 11.8. The molecule has 2 aromatic carbocycles. The molecule has 0 aliphatic carbocycles. The number of anilines is 1. The van der Waals surface area contributed by atoms with Gasteiger partial charge in [0.05, 0.1) is 18.4 Å². The van der Waals surface area contributed by atoms with Crippen LogP contribution in [0.2, 0.25) is 0 Å². The first kappa shape index (κ1) is 13.8. The molecule has 1 atom stereocenters. The van der Waals surface area contributed by atoms with Crippen LogP contribution >= 0.6 is 0 Å². The third kappa shape index (κ3) is 2.67. The number of nitrogens with zero attached hydrogens (tertiary/aromatic N) is 2. The van der Waals surface area contributed by atoms with Crippen molar-refractivity contribution >= 4 is 11.4 Å². The standard InChI is InChI=1S/C17H17FN2O/c1-20-11-12(21)10-19-17(13-6-2-4-8-15(13)18)14-7-3-5-9-16(14)20/h2-9,12,21H,10-11H2,1H3. The number of likely N-dealkylation sites (N-methyl/N-ethyl adjacent to an activating group) is 1. The van der Waals surface area contributed by atoms with Crippen molar-refractivity contribution in [3.8, 4) is 0 Å². The summed E-state index contributed by atoms with van der Waals surface area (Å²) >= 11 is 0. The number of hydrogen-bond acceptors (Lipinski definition) is 3. The zero-order chi connectivity index (χ0) is 14.8. The van der Waals surface area contributed by atoms with Gasteiger partial charge in [-0.2, -0.15) is 0 Å². The van der Waals surface area contributed by atoms with E-state index in [2.05, 4.69) is 4.99 Å². The van der Waals surface area contributed by atoms with E-state index in [1.807, 2.05) is 36.2 Å². The highest BCUT2D eigenvalue weighted by Crippen LogP contribution is 2.26. The fourth-order valence-electron chi connectivity index (χ4n) is 2.64. The van der Waals surface area contributed by atoms with Crippen molar-refractivity contribution in [1.82, 2.24) is 0 Å². The van der Waals surface area contributed by atoms with E-state index in [1.54, 1.807) is 18.2 Å². The van der Waals surface area contributed by atoms with Gasteiger partial charge in [0.25, 0.3) is 0 Å². The van der Waals surface area contributed by atoms with Crippen molar-refractivity contribution in [2.45, 2.75) is 6.10 Å². The number of benzene rings is 2. The maximum atomic E-state index is 14.1. The van der Waals surface area contributed by atoms with Crippen LogP contribution in [-0.2, 0) is 0 Å². The summed E-state index contributed by atoms with van der Waals surface area (Å²) in [4.78, 5) is 6.45. The summed E-state index contributed by atoms with van der Waals surface area (Å²) in [5.74, 6) is -0.302. The highest BCUT2D eigenvalue weighted by molar-refractivity contribution is 6.16. The first-order valence-electron chi connectivity index (χ1n) is 6.95. The van der Waals surface area contributed by atoms with Crippen LogP contribution in [0, 0.1) is 5.82 Å². The first-order valence-corrected chi connectivity index (χ1v) is 6.95. The van der Waals surface area contributed by atoms with E-state index in [-0.39, 0.29) is 12.4 Å². The smallest absolute Gasteiger partial charge is 0.132 e. The Bertz CT molecular complexity index is 684. The van der Waals surface area contributed by atoms with Gasteiger partial charge in [-0.3, -0.25) is 4.99 Å². The van der Waals surface area contributed by atoms with Crippen LogP contribution in [0.15, 0.2) is 53.5 Å². The van der Waals surface area contributed by atoms with E-state index in [9.17, 15) is 9.50 Å². The molecule has 0 radical (unpaired) electrons. The Morgan fingerprint density at radius 3 is 2.52 bits per heavy atom. The lowest BCUT2D eigenvalue weighted by Crippen LogP contribution is -2.34. The normalized spacial score (nSPS) is 18.5. The SMILES string of the molecule is CN1CC(O)CN=C(c2ccccc2F)c2ccccc21. The highest BCUT2D eigenvalue weighted by Gasteiger charge is 2.21. The molecule has 0 aromatic heterocycles. The highest BCUT2D eigenvalue weighted by atomic mass is 19.1. The summed E-state index contributed by atoms with van der Waals surface area (Å²) in [5, 5.41) is 10.0. The molecule has 1 aliphatic heterocycles. The van der Waals surface area contributed by atoms with E-state index in [0.717, 1.165) is 11.3 Å². The van der Waals surface area contributed by atoms with E-state index >= 15 is 0 Å². The van der Waals surface area contributed by atoms with Crippen molar-refractivity contribution in [2.75, 3.05) is 25.0 Å². The first-order chi connectivity index (χ1) is 10.2. The molecule has 1 unspecified atom stereocenters. The molecule has 4 heteroatoms. The monoisotopic (exact) mass is 284 g/mol. The largest absolute Gasteiger partial charge is 0.389 e. The summed E-state index contributed by atoms with van der Waals surface area (Å²) in [6.45, 7) is 0.771. The van der Waals surface area contributed by atoms with Gasteiger partial charge in [0.2, 0.25) is 0 Å². The zero-order valence-corrected chi connectivity index (χ0v) is 11.8. The second-order valence-corrected chi connectivity index (χ2v) is 5.22. The minimum atomic E-state index is -0.565. The van der Waals surface area contributed by atoms with Gasteiger partial charge in [-0.15, -0.1) is 0 Å². The molecule has 0 amide bonds. The predicted octanol–water partition coefficient (Wildman–Crippen LogP) is 2.47. The number of fused-ring (bicyclic) bond motifs is 1. The third-order valence-corrected chi connectivity index (χ3v) is 3.64. The third-order valence-electron chi connectivity index (χ3n) is 3.64. The van der Waals surface area contributed by atoms with E-state index in [1.165, 1.54) is 6.07 Å². The number of β-amino-alcohol motifs (C(OH)–C–C–N with tert-alkyl or cyclic N) is 1. The summed E-state index contributed by atoms with van der Waals surface area (Å²) in [6, 6.07) is 14.4. The van der Waals surface area contributed by atoms with Gasteiger partial charge >= 0.3 is 0 Å². The summed E-state index contributed by atoms with van der Waals surface area (Å²) in [6.07, 6.45) is -0.565. The van der Waals surface area contributed by atoms with Crippen LogP contribution in [0.25, 0.3) is 0 Å². The average Bonchev–Trinajstić information content (AvgIpc) is 2.48. The fourth-order valence-corrected chi connectivity index (χ4v) is 2.64. The quantitative estimate of drug-likeness (QED) is 0.873. The molecule has 1 heterocycles. The number of halogens is 1. The number of aliphatic hydroxyl groups is 1. The second-order valence-electron chi connectivity index (χ2n) is 5.22. The van der Waals surface area contributed by atoms with Crippen molar-refractivity contribution in [3.63, 3.8) is 0 Å². The molecule has 1 aliphatic rings. The fraction of sp³-hybridized carbons (Fsp3) is 0.235. The Morgan fingerprint density at radius 2 is 1.76 bits per heavy atom. The molecule has 0 bridgehead atoms. The van der Waals surface area contributed by atoms with Crippen LogP contribution in [-0.4, -0.2) is 37.1 Å². The number of para-hydroxylation sites is 1. The molecule has 21 heavy (non-hydrogen) atoms. The molecule has 3 rings (SSSR count). The lowest BCUT2D eigenvalue weighted by atomic mass is 9.98. The molecule has 3 nitrogen and oxygen atoms in total. The maximum Gasteiger partial charge on any atom is 0.132 e. The Balaban J connectivity index is 2.20. The van der Waals surface area contributed by atoms with Gasteiger partial charge in [-0.25, -0.2) is 4.39 Å². The van der Waals surface area contributed by atoms with Crippen LogP contribution in [0.5, 0.6) is 0 Å². The average molecular weight is 284 g/mol. The number of aliphatic imine (C=N–C) groups is 1. The summed E-state index contributed by atoms with van der Waals surface area (Å²) in [7, 11) is 1.92. The lowest BCUT2D eigenvalue weighted by Gasteiger charge is -2.27. The minimum Gasteiger partial charge on any atom is -0.389 e. The van der Waals surface area contributed by atoms with Crippen molar-refractivity contribution in [1.29, 1.82) is 0 Å². The van der Waals surface area contributed by atoms with Gasteiger partial charge in [0, 0.05) is 30.4 Å². The summed E-state index contributed by atoms with van der Waals surface area (Å²) < 4.78 is 14.1. The molecule has 0 spiro atoms. The Hall–Kier alpha value is -2.20. The molecule has 0 saturated heterocycles. The van der Waals surface area contributed by atoms with Gasteiger partial charge in [-0.05, 0) is 18.2 Å². The topological polar surface area (TPSA) is 35.8 Å². The van der Waals surface area contributed by atoms with Crippen molar-refractivity contribution in [2.24, 2.45) is 4.99 Å². The molecule has 1 N–H and O–H groups in total. The van der Waals surface area contributed by atoms with E-state index in [4.69, 9.17) is 0 Å². The molecule has 108 valence electrons. The lowest BCUT2D eigenvalue weighted by molar-refractivity contribution is 0.190. The molecule has 2 aromatic rings. The number of hydrogen-bond donors (Lipinski definition) is 1. The molecular formula is C17H17FN2O. The Morgan fingerprint density at radius 1 is 1.10 bits per heavy atom. The molecular weight excluding hydrogens is 267 g/mol. The Labute approximate surface area is 123 Å². The van der Waals surface area contributed by atoms with Gasteiger partial charge in [-0.1, -0.05) is 30.3 Å². The number of aliphatic hydroxyl groups excluding tert-OH is 1. The molecule has 0 saturated carbocycles. The van der Waals surface area contributed by atoms with Gasteiger partial charge < -0.3 is 10.0 Å². The van der Waals surface area contributed by atoms with Crippen molar-refractivity contribution < 1.29 is 9.50 Å². The van der Waals surface area contributed by atoms with Gasteiger partial charge in [0.1, 0.15) is 5.82 Å². The van der Waals surface area contributed by atoms with Crippen LogP contribution in [0.4, 0.5) is 10.1 Å². The summed E-state index contributed by atoms with van der Waals surface area (Å²) in [5.41, 5.74) is 2.89. The number of rotatable bonds is 1. The van der Waals surface area contributed by atoms with Crippen LogP contribution in [0.1, 0.15) is 11.1 Å². The minimum absolute atomic E-state index is 0.266. The molecule has 0 fully saturated rings. The van der Waals surface area contributed by atoms with Gasteiger partial charge in [0.15, 0.2) is 0 Å².